The maximum atomic E-state index is 13.1. The van der Waals surface area contributed by atoms with E-state index in [0.29, 0.717) is 18.2 Å². The van der Waals surface area contributed by atoms with E-state index in [0.717, 1.165) is 22.4 Å². The number of hydrogen-bond donors (Lipinski definition) is 1. The zero-order valence-electron chi connectivity index (χ0n) is 18.8. The Morgan fingerprint density at radius 2 is 1.69 bits per heavy atom. The molecule has 0 aliphatic heterocycles. The molecule has 1 amide bonds. The van der Waals surface area contributed by atoms with Crippen LogP contribution < -0.4 is 5.32 Å². The molecule has 4 rings (SSSR count). The maximum Gasteiger partial charge on any atom is 0.274 e. The summed E-state index contributed by atoms with van der Waals surface area (Å²) >= 11 is 0. The van der Waals surface area contributed by atoms with Crippen molar-refractivity contribution in [1.29, 1.82) is 0 Å². The summed E-state index contributed by atoms with van der Waals surface area (Å²) in [5, 5.41) is 11.6. The van der Waals surface area contributed by atoms with Gasteiger partial charge in [-0.2, -0.15) is 0 Å². The van der Waals surface area contributed by atoms with Crippen LogP contribution in [0.1, 0.15) is 52.5 Å². The fourth-order valence-corrected chi connectivity index (χ4v) is 3.53. The lowest BCUT2D eigenvalue weighted by Gasteiger charge is -2.11. The second-order valence-corrected chi connectivity index (χ2v) is 8.28. The molecular weight excluding hydrogens is 398 g/mol. The van der Waals surface area contributed by atoms with Gasteiger partial charge in [0.1, 0.15) is 5.69 Å². The van der Waals surface area contributed by atoms with Crippen molar-refractivity contribution in [2.24, 2.45) is 0 Å². The SMILES string of the molecule is Cc1ccc(-n2nnc(C(=O)NCc3ccc(C(C)C)cc3)c2-c2ccncc2)cc1C. The van der Waals surface area contributed by atoms with E-state index in [1.807, 2.05) is 42.5 Å². The van der Waals surface area contributed by atoms with E-state index in [1.54, 1.807) is 17.1 Å². The molecule has 2 heterocycles. The average Bonchev–Trinajstić information content (AvgIpc) is 3.25. The molecule has 0 radical (unpaired) electrons. The van der Waals surface area contributed by atoms with E-state index >= 15 is 0 Å². The minimum atomic E-state index is -0.264. The van der Waals surface area contributed by atoms with Crippen LogP contribution in [0.4, 0.5) is 0 Å². The Kier molecular flexibility index (Phi) is 6.12. The zero-order chi connectivity index (χ0) is 22.7. The van der Waals surface area contributed by atoms with Crippen LogP contribution in [0.3, 0.4) is 0 Å². The summed E-state index contributed by atoms with van der Waals surface area (Å²) in [7, 11) is 0. The lowest BCUT2D eigenvalue weighted by atomic mass is 10.0. The Hall–Kier alpha value is -3.80. The van der Waals surface area contributed by atoms with Crippen LogP contribution in [0.5, 0.6) is 0 Å². The van der Waals surface area contributed by atoms with Crippen molar-refractivity contribution in [1.82, 2.24) is 25.3 Å². The number of carbonyl (C=O) groups is 1. The van der Waals surface area contributed by atoms with Gasteiger partial charge < -0.3 is 5.32 Å². The van der Waals surface area contributed by atoms with Crippen molar-refractivity contribution in [3.8, 4) is 16.9 Å². The van der Waals surface area contributed by atoms with Gasteiger partial charge in [-0.3, -0.25) is 9.78 Å². The Labute approximate surface area is 188 Å². The minimum absolute atomic E-state index is 0.264. The average molecular weight is 426 g/mol. The van der Waals surface area contributed by atoms with Gasteiger partial charge in [0.05, 0.1) is 5.69 Å². The smallest absolute Gasteiger partial charge is 0.274 e. The lowest BCUT2D eigenvalue weighted by Crippen LogP contribution is -2.24. The molecule has 2 aromatic heterocycles. The molecule has 0 spiro atoms. The first kappa shape index (κ1) is 21.4. The molecule has 6 heteroatoms. The van der Waals surface area contributed by atoms with Crippen LogP contribution in [0.15, 0.2) is 67.0 Å². The van der Waals surface area contributed by atoms with Crippen molar-refractivity contribution < 1.29 is 4.79 Å². The number of nitrogens with one attached hydrogen (secondary N) is 1. The molecule has 0 atom stereocenters. The van der Waals surface area contributed by atoms with Crippen LogP contribution in [0.2, 0.25) is 0 Å². The van der Waals surface area contributed by atoms with Gasteiger partial charge in [0.2, 0.25) is 0 Å². The molecule has 0 bridgehead atoms. The summed E-state index contributed by atoms with van der Waals surface area (Å²) in [5.41, 5.74) is 7.27. The zero-order valence-corrected chi connectivity index (χ0v) is 18.8. The van der Waals surface area contributed by atoms with Gasteiger partial charge in [0.15, 0.2) is 5.69 Å². The predicted molar refractivity (Wildman–Crippen MR) is 126 cm³/mol. The molecule has 32 heavy (non-hydrogen) atoms. The number of aryl methyl sites for hydroxylation is 2. The van der Waals surface area contributed by atoms with E-state index in [1.165, 1.54) is 11.1 Å². The fourth-order valence-electron chi connectivity index (χ4n) is 3.53. The molecular formula is C26H27N5O. The monoisotopic (exact) mass is 425 g/mol. The van der Waals surface area contributed by atoms with Crippen LogP contribution in [0.25, 0.3) is 16.9 Å². The van der Waals surface area contributed by atoms with E-state index in [-0.39, 0.29) is 11.6 Å². The number of benzene rings is 2. The molecule has 0 unspecified atom stereocenters. The van der Waals surface area contributed by atoms with Crippen molar-refractivity contribution in [2.75, 3.05) is 0 Å². The molecule has 0 fully saturated rings. The second-order valence-electron chi connectivity index (χ2n) is 8.28. The van der Waals surface area contributed by atoms with Crippen LogP contribution >= 0.6 is 0 Å². The van der Waals surface area contributed by atoms with Crippen LogP contribution in [-0.2, 0) is 6.54 Å². The lowest BCUT2D eigenvalue weighted by molar-refractivity contribution is 0.0946. The van der Waals surface area contributed by atoms with Gasteiger partial charge in [0, 0.05) is 24.5 Å². The van der Waals surface area contributed by atoms with Gasteiger partial charge >= 0.3 is 0 Å². The second kappa shape index (κ2) is 9.14. The summed E-state index contributed by atoms with van der Waals surface area (Å²) in [6.45, 7) is 8.87. The highest BCUT2D eigenvalue weighted by atomic mass is 16.2. The molecule has 162 valence electrons. The highest BCUT2D eigenvalue weighted by Gasteiger charge is 2.22. The molecule has 0 saturated heterocycles. The summed E-state index contributed by atoms with van der Waals surface area (Å²) in [6.07, 6.45) is 3.40. The Bertz CT molecular complexity index is 1230. The third kappa shape index (κ3) is 4.44. The van der Waals surface area contributed by atoms with Crippen molar-refractivity contribution in [2.45, 2.75) is 40.2 Å². The fraction of sp³-hybridized carbons (Fsp3) is 0.231. The number of carbonyl (C=O) groups excluding carboxylic acids is 1. The Morgan fingerprint density at radius 1 is 0.969 bits per heavy atom. The summed E-state index contributed by atoms with van der Waals surface area (Å²) < 4.78 is 1.72. The van der Waals surface area contributed by atoms with Gasteiger partial charge in [0.25, 0.3) is 5.91 Å². The number of aromatic nitrogens is 4. The molecule has 0 aliphatic carbocycles. The Balaban J connectivity index is 1.65. The van der Waals surface area contributed by atoms with Gasteiger partial charge in [-0.05, 0) is 66.3 Å². The number of nitrogens with zero attached hydrogens (tertiary/aromatic N) is 4. The highest BCUT2D eigenvalue weighted by Crippen LogP contribution is 2.26. The molecule has 0 saturated carbocycles. The molecule has 2 aromatic carbocycles. The molecule has 6 nitrogen and oxygen atoms in total. The predicted octanol–water partition coefficient (Wildman–Crippen LogP) is 5.00. The van der Waals surface area contributed by atoms with E-state index in [4.69, 9.17) is 0 Å². The summed E-state index contributed by atoms with van der Waals surface area (Å²) in [4.78, 5) is 17.2. The van der Waals surface area contributed by atoms with E-state index in [9.17, 15) is 4.79 Å². The molecule has 1 N–H and O–H groups in total. The topological polar surface area (TPSA) is 72.7 Å². The number of rotatable bonds is 6. The standard InChI is InChI=1S/C26H27N5O/c1-17(2)21-8-6-20(7-9-21)16-28-26(32)24-25(22-11-13-27-14-12-22)31(30-29-24)23-10-5-18(3)19(4)15-23/h5-15,17H,16H2,1-4H3,(H,28,32). The van der Waals surface area contributed by atoms with Crippen molar-refractivity contribution in [3.05, 3.63) is 94.9 Å². The molecule has 4 aromatic rings. The third-order valence-electron chi connectivity index (χ3n) is 5.67. The van der Waals surface area contributed by atoms with Gasteiger partial charge in [-0.15, -0.1) is 5.10 Å². The normalized spacial score (nSPS) is 11.0. The number of hydrogen-bond acceptors (Lipinski definition) is 4. The number of amides is 1. The first-order valence-electron chi connectivity index (χ1n) is 10.7. The highest BCUT2D eigenvalue weighted by molar-refractivity contribution is 5.98. The van der Waals surface area contributed by atoms with E-state index in [2.05, 4.69) is 60.4 Å². The molecule has 0 aliphatic rings. The Morgan fingerprint density at radius 3 is 2.34 bits per heavy atom. The number of pyridine rings is 1. The van der Waals surface area contributed by atoms with Crippen molar-refractivity contribution in [3.63, 3.8) is 0 Å². The van der Waals surface area contributed by atoms with Gasteiger partial charge in [-0.25, -0.2) is 4.68 Å². The van der Waals surface area contributed by atoms with Gasteiger partial charge in [-0.1, -0.05) is 49.4 Å². The largest absolute Gasteiger partial charge is 0.346 e. The quantitative estimate of drug-likeness (QED) is 0.472. The van der Waals surface area contributed by atoms with Crippen molar-refractivity contribution >= 4 is 5.91 Å². The third-order valence-corrected chi connectivity index (χ3v) is 5.67. The van der Waals surface area contributed by atoms with Crippen LogP contribution in [0, 0.1) is 13.8 Å². The summed E-state index contributed by atoms with van der Waals surface area (Å²) in [5.74, 6) is 0.210. The summed E-state index contributed by atoms with van der Waals surface area (Å²) in [6, 6.07) is 18.1. The first-order valence-corrected chi connectivity index (χ1v) is 10.7. The minimum Gasteiger partial charge on any atom is -0.346 e. The van der Waals surface area contributed by atoms with Crippen LogP contribution in [-0.4, -0.2) is 25.9 Å². The van der Waals surface area contributed by atoms with E-state index < -0.39 is 0 Å². The first-order chi connectivity index (χ1) is 15.4. The maximum absolute atomic E-state index is 13.1.